The van der Waals surface area contributed by atoms with E-state index in [-0.39, 0.29) is 27.2 Å². The molecule has 1 aliphatic heterocycles. The van der Waals surface area contributed by atoms with Gasteiger partial charge in [-0.15, -0.1) is 10.2 Å². The minimum atomic E-state index is -3.93. The predicted molar refractivity (Wildman–Crippen MR) is 130 cm³/mol. The van der Waals surface area contributed by atoms with Crippen LogP contribution in [0.5, 0.6) is 0 Å². The van der Waals surface area contributed by atoms with E-state index < -0.39 is 9.84 Å². The molecule has 1 aromatic carbocycles. The number of aromatic nitrogens is 7. The van der Waals surface area contributed by atoms with E-state index >= 15 is 0 Å². The molecule has 36 heavy (non-hydrogen) atoms. The Morgan fingerprint density at radius 1 is 1.17 bits per heavy atom. The van der Waals surface area contributed by atoms with Crippen molar-refractivity contribution in [2.75, 3.05) is 18.0 Å². The van der Waals surface area contributed by atoms with Gasteiger partial charge in [0.25, 0.3) is 0 Å². The number of aromatic amines is 1. The van der Waals surface area contributed by atoms with Crippen LogP contribution in [0.25, 0.3) is 16.8 Å². The van der Waals surface area contributed by atoms with Crippen LogP contribution < -0.4 is 4.90 Å². The lowest BCUT2D eigenvalue weighted by Gasteiger charge is -2.16. The molecule has 11 nitrogen and oxygen atoms in total. The average Bonchev–Trinajstić information content (AvgIpc) is 3.64. The van der Waals surface area contributed by atoms with E-state index in [0.29, 0.717) is 23.5 Å². The van der Waals surface area contributed by atoms with Gasteiger partial charge in [0.2, 0.25) is 14.9 Å². The van der Waals surface area contributed by atoms with Crippen LogP contribution in [0.15, 0.2) is 58.8 Å². The largest absolute Gasteiger partial charge is 0.355 e. The molecule has 0 bridgehead atoms. The molecule has 0 radical (unpaired) electrons. The van der Waals surface area contributed by atoms with Crippen LogP contribution >= 0.6 is 0 Å². The molecular weight excluding hydrogens is 478 g/mol. The molecule has 12 heteroatoms. The summed E-state index contributed by atoms with van der Waals surface area (Å²) in [4.78, 5) is 18.3. The monoisotopic (exact) mass is 499 g/mol. The number of anilines is 1. The SMILES string of the molecule is Cc1ccccc1S(=O)(=O)c1nc2[nH]ccc2n2c(C[C@@H]3CCN(c4cnc(C#N)cn4)C3)nnc12. The highest BCUT2D eigenvalue weighted by Crippen LogP contribution is 2.30. The summed E-state index contributed by atoms with van der Waals surface area (Å²) in [5.74, 6) is 1.66. The number of benzene rings is 1. The number of rotatable bonds is 5. The van der Waals surface area contributed by atoms with Crippen molar-refractivity contribution in [1.29, 1.82) is 5.26 Å². The molecule has 5 heterocycles. The van der Waals surface area contributed by atoms with Crippen LogP contribution in [0, 0.1) is 24.2 Å². The molecule has 4 aromatic heterocycles. The highest BCUT2D eigenvalue weighted by atomic mass is 32.2. The van der Waals surface area contributed by atoms with E-state index in [1.807, 2.05) is 12.1 Å². The van der Waals surface area contributed by atoms with Crippen LogP contribution in [0.2, 0.25) is 0 Å². The van der Waals surface area contributed by atoms with Gasteiger partial charge in [0, 0.05) is 25.7 Å². The Bertz CT molecular complexity index is 1750. The smallest absolute Gasteiger partial charge is 0.228 e. The van der Waals surface area contributed by atoms with Crippen molar-refractivity contribution in [3.63, 3.8) is 0 Å². The van der Waals surface area contributed by atoms with E-state index in [1.54, 1.807) is 48.0 Å². The van der Waals surface area contributed by atoms with Crippen molar-refractivity contribution < 1.29 is 8.42 Å². The zero-order valence-electron chi connectivity index (χ0n) is 19.3. The van der Waals surface area contributed by atoms with Gasteiger partial charge in [-0.2, -0.15) is 5.26 Å². The summed E-state index contributed by atoms with van der Waals surface area (Å²) in [5.41, 5.74) is 2.32. The Balaban J connectivity index is 1.37. The van der Waals surface area contributed by atoms with Crippen molar-refractivity contribution in [3.8, 4) is 6.07 Å². The molecule has 0 aliphatic carbocycles. The van der Waals surface area contributed by atoms with Crippen LogP contribution in [-0.2, 0) is 16.3 Å². The lowest BCUT2D eigenvalue weighted by molar-refractivity contribution is 0.564. The normalized spacial score (nSPS) is 16.1. The number of nitrogens with zero attached hydrogens (tertiary/aromatic N) is 8. The van der Waals surface area contributed by atoms with Crippen molar-refractivity contribution in [1.82, 2.24) is 34.5 Å². The zero-order chi connectivity index (χ0) is 24.9. The number of hydrogen-bond acceptors (Lipinski definition) is 9. The topological polar surface area (TPSA) is 146 Å². The fourth-order valence-corrected chi connectivity index (χ4v) is 6.31. The van der Waals surface area contributed by atoms with Gasteiger partial charge in [-0.05, 0) is 37.0 Å². The van der Waals surface area contributed by atoms with Crippen LogP contribution in [0.4, 0.5) is 5.82 Å². The standard InChI is InChI=1S/C24H21N9O2S/c1-15-4-2-3-5-19(15)36(34,35)24-23-31-30-20(33(23)18-6-8-26-22(18)29-24)10-16-7-9-32(14-16)21-13-27-17(11-25)12-28-21/h2-6,8,12-13,16,26H,7,9-10,14H2,1H3/t16-/m0/s1. The summed E-state index contributed by atoms with van der Waals surface area (Å²) in [7, 11) is -3.93. The van der Waals surface area contributed by atoms with Crippen molar-refractivity contribution in [2.24, 2.45) is 5.92 Å². The molecule has 1 saturated heterocycles. The van der Waals surface area contributed by atoms with E-state index in [4.69, 9.17) is 5.26 Å². The molecule has 1 N–H and O–H groups in total. The van der Waals surface area contributed by atoms with Crippen LogP contribution in [0.3, 0.4) is 0 Å². The summed E-state index contributed by atoms with van der Waals surface area (Å²) in [6.45, 7) is 3.30. The average molecular weight is 500 g/mol. The minimum absolute atomic E-state index is 0.119. The Morgan fingerprint density at radius 3 is 2.81 bits per heavy atom. The maximum atomic E-state index is 13.6. The molecule has 1 aliphatic rings. The third-order valence-electron chi connectivity index (χ3n) is 6.55. The Kier molecular flexibility index (Phi) is 5.15. The minimum Gasteiger partial charge on any atom is -0.355 e. The highest BCUT2D eigenvalue weighted by Gasteiger charge is 2.30. The van der Waals surface area contributed by atoms with Gasteiger partial charge in [-0.25, -0.2) is 23.4 Å². The second kappa shape index (κ2) is 8.39. The third kappa shape index (κ3) is 3.56. The lowest BCUT2D eigenvalue weighted by Crippen LogP contribution is -2.22. The number of H-pyrrole nitrogens is 1. The third-order valence-corrected chi connectivity index (χ3v) is 8.37. The van der Waals surface area contributed by atoms with Crippen molar-refractivity contribution in [2.45, 2.75) is 29.7 Å². The van der Waals surface area contributed by atoms with E-state index in [0.717, 1.165) is 30.8 Å². The molecule has 0 saturated carbocycles. The Labute approximate surface area is 206 Å². The molecule has 0 spiro atoms. The number of nitriles is 1. The number of hydrogen-bond donors (Lipinski definition) is 1. The Morgan fingerprint density at radius 2 is 2.03 bits per heavy atom. The number of aryl methyl sites for hydroxylation is 1. The second-order valence-electron chi connectivity index (χ2n) is 8.85. The Hall–Kier alpha value is -4.37. The highest BCUT2D eigenvalue weighted by molar-refractivity contribution is 7.91. The van der Waals surface area contributed by atoms with Crippen molar-refractivity contribution >= 4 is 32.5 Å². The lowest BCUT2D eigenvalue weighted by atomic mass is 10.0. The van der Waals surface area contributed by atoms with Gasteiger partial charge in [0.05, 0.1) is 22.8 Å². The molecule has 5 aromatic rings. The molecule has 1 atom stereocenters. The van der Waals surface area contributed by atoms with Gasteiger partial charge in [0.15, 0.2) is 17.0 Å². The molecule has 180 valence electrons. The van der Waals surface area contributed by atoms with E-state index in [2.05, 4.69) is 35.0 Å². The van der Waals surface area contributed by atoms with Crippen LogP contribution in [0.1, 0.15) is 23.5 Å². The number of nitrogens with one attached hydrogen (secondary N) is 1. The molecule has 1 fully saturated rings. The van der Waals surface area contributed by atoms with Gasteiger partial charge in [0.1, 0.15) is 17.7 Å². The second-order valence-corrected chi connectivity index (χ2v) is 10.7. The van der Waals surface area contributed by atoms with Crippen molar-refractivity contribution in [3.05, 3.63) is 66.0 Å². The first-order valence-corrected chi connectivity index (χ1v) is 12.9. The van der Waals surface area contributed by atoms with Gasteiger partial charge in [-0.1, -0.05) is 18.2 Å². The molecular formula is C24H21N9O2S. The molecule has 0 unspecified atom stereocenters. The van der Waals surface area contributed by atoms with Gasteiger partial charge < -0.3 is 9.88 Å². The number of fused-ring (bicyclic) bond motifs is 3. The predicted octanol–water partition coefficient (Wildman–Crippen LogP) is 2.48. The first-order valence-electron chi connectivity index (χ1n) is 11.4. The fourth-order valence-electron chi connectivity index (χ4n) is 4.76. The van der Waals surface area contributed by atoms with Gasteiger partial charge >= 0.3 is 0 Å². The van der Waals surface area contributed by atoms with E-state index in [9.17, 15) is 8.42 Å². The molecule has 0 amide bonds. The zero-order valence-corrected chi connectivity index (χ0v) is 20.1. The summed E-state index contributed by atoms with van der Waals surface area (Å²) in [5, 5.41) is 17.5. The maximum absolute atomic E-state index is 13.6. The molecule has 6 rings (SSSR count). The van der Waals surface area contributed by atoms with Crippen LogP contribution in [-0.4, -0.2) is 56.0 Å². The maximum Gasteiger partial charge on any atom is 0.228 e. The summed E-state index contributed by atoms with van der Waals surface area (Å²) >= 11 is 0. The summed E-state index contributed by atoms with van der Waals surface area (Å²) in [6.07, 6.45) is 6.33. The fraction of sp³-hybridized carbons (Fsp3) is 0.250. The van der Waals surface area contributed by atoms with E-state index in [1.165, 1.54) is 6.20 Å². The first-order chi connectivity index (χ1) is 17.5. The first kappa shape index (κ1) is 22.1. The summed E-state index contributed by atoms with van der Waals surface area (Å²) in [6, 6.07) is 10.7. The van der Waals surface area contributed by atoms with Gasteiger partial charge in [-0.3, -0.25) is 4.40 Å². The quantitative estimate of drug-likeness (QED) is 0.385. The summed E-state index contributed by atoms with van der Waals surface area (Å²) < 4.78 is 29.1. The number of sulfone groups is 1.